The highest BCUT2D eigenvalue weighted by molar-refractivity contribution is 5.94. The Morgan fingerprint density at radius 3 is 2.09 bits per heavy atom. The molecule has 6 N–H and O–H groups in total. The normalized spacial score (nSPS) is 14.3. The maximum Gasteiger partial charge on any atom is 0.303 e. The molecule has 10 nitrogen and oxygen atoms in total. The highest BCUT2D eigenvalue weighted by Gasteiger charge is 2.31. The molecule has 0 fully saturated rings. The molecule has 0 saturated heterocycles. The van der Waals surface area contributed by atoms with Gasteiger partial charge in [-0.1, -0.05) is 50.6 Å². The van der Waals surface area contributed by atoms with Crippen LogP contribution in [0.1, 0.15) is 45.6 Å². The molecule has 4 unspecified atom stereocenters. The molecule has 0 saturated carbocycles. The lowest BCUT2D eigenvalue weighted by Crippen LogP contribution is -2.58. The Labute approximate surface area is 187 Å². The van der Waals surface area contributed by atoms with E-state index in [4.69, 9.17) is 10.8 Å². The minimum absolute atomic E-state index is 0.131. The fraction of sp³-hybridized carbons (Fsp3) is 0.500. The van der Waals surface area contributed by atoms with Gasteiger partial charge in [-0.15, -0.1) is 0 Å². The van der Waals surface area contributed by atoms with Crippen LogP contribution in [-0.4, -0.2) is 52.8 Å². The van der Waals surface area contributed by atoms with Gasteiger partial charge in [-0.25, -0.2) is 0 Å². The van der Waals surface area contributed by atoms with Crippen LogP contribution in [-0.2, 0) is 30.4 Å². The highest BCUT2D eigenvalue weighted by atomic mass is 16.4. The minimum atomic E-state index is -1.12. The smallest absolute Gasteiger partial charge is 0.303 e. The quantitative estimate of drug-likeness (QED) is 0.287. The summed E-state index contributed by atoms with van der Waals surface area (Å²) in [7, 11) is 0. The number of carbonyl (C=O) groups is 5. The first-order chi connectivity index (χ1) is 15.0. The molecule has 0 radical (unpaired) electrons. The molecule has 0 heterocycles. The lowest BCUT2D eigenvalue weighted by molar-refractivity contribution is -0.138. The topological polar surface area (TPSA) is 168 Å². The number of nitrogens with two attached hydrogens (primary N) is 1. The third-order valence-electron chi connectivity index (χ3n) is 5.08. The van der Waals surface area contributed by atoms with Gasteiger partial charge in [0.05, 0.1) is 0 Å². The fourth-order valence-electron chi connectivity index (χ4n) is 3.07. The number of aliphatic carboxylic acids is 1. The van der Waals surface area contributed by atoms with Crippen molar-refractivity contribution in [3.63, 3.8) is 0 Å². The van der Waals surface area contributed by atoms with Crippen molar-refractivity contribution >= 4 is 29.6 Å². The molecule has 0 aliphatic heterocycles. The van der Waals surface area contributed by atoms with Crippen molar-refractivity contribution in [2.45, 2.75) is 64.6 Å². The summed E-state index contributed by atoms with van der Waals surface area (Å²) in [5.41, 5.74) is 6.28. The second-order valence-electron chi connectivity index (χ2n) is 7.71. The number of hydrogen-bond donors (Lipinski definition) is 5. The van der Waals surface area contributed by atoms with Crippen molar-refractivity contribution < 1.29 is 29.1 Å². The average molecular weight is 449 g/mol. The number of primary amides is 1. The average Bonchev–Trinajstić information content (AvgIpc) is 2.73. The predicted octanol–water partition coefficient (Wildman–Crippen LogP) is 0.0996. The van der Waals surface area contributed by atoms with Crippen molar-refractivity contribution in [1.29, 1.82) is 0 Å². The zero-order valence-electron chi connectivity index (χ0n) is 18.6. The summed E-state index contributed by atoms with van der Waals surface area (Å²) in [5, 5.41) is 16.5. The Balaban J connectivity index is 2.97. The molecule has 32 heavy (non-hydrogen) atoms. The SMILES string of the molecule is CCC(C)C(NC(=O)C(CCC(=O)O)NC(C)=O)C(=O)NC(Cc1ccccc1)C(N)=O. The van der Waals surface area contributed by atoms with Gasteiger partial charge in [0.15, 0.2) is 0 Å². The molecule has 0 bridgehead atoms. The Hall–Kier alpha value is -3.43. The maximum absolute atomic E-state index is 13.0. The van der Waals surface area contributed by atoms with Gasteiger partial charge in [0.25, 0.3) is 0 Å². The fourth-order valence-corrected chi connectivity index (χ4v) is 3.07. The van der Waals surface area contributed by atoms with E-state index < -0.39 is 47.7 Å². The van der Waals surface area contributed by atoms with Gasteiger partial charge in [-0.3, -0.25) is 24.0 Å². The highest BCUT2D eigenvalue weighted by Crippen LogP contribution is 2.11. The van der Waals surface area contributed by atoms with Gasteiger partial charge in [0, 0.05) is 19.8 Å². The van der Waals surface area contributed by atoms with E-state index in [1.165, 1.54) is 6.92 Å². The van der Waals surface area contributed by atoms with E-state index in [1.807, 2.05) is 13.0 Å². The summed E-state index contributed by atoms with van der Waals surface area (Å²) in [5.74, 6) is -3.91. The molecular formula is C22H32N4O6. The molecule has 4 amide bonds. The van der Waals surface area contributed by atoms with E-state index in [9.17, 15) is 24.0 Å². The number of carboxylic acid groups (broad SMARTS) is 1. The number of nitrogens with one attached hydrogen (secondary N) is 3. The number of amides is 4. The lowest BCUT2D eigenvalue weighted by Gasteiger charge is -2.27. The Bertz CT molecular complexity index is 814. The molecular weight excluding hydrogens is 416 g/mol. The summed E-state index contributed by atoms with van der Waals surface area (Å²) in [6, 6.07) is 5.93. The standard InChI is InChI=1S/C22H32N4O6/c1-4-13(2)19(26-21(31)16(24-14(3)27)10-11-18(28)29)22(32)25-17(20(23)30)12-15-8-6-5-7-9-15/h5-9,13,16-17,19H,4,10-12H2,1-3H3,(H2,23,30)(H,24,27)(H,25,32)(H,26,31)(H,28,29). The lowest BCUT2D eigenvalue weighted by atomic mass is 9.96. The Morgan fingerprint density at radius 2 is 1.59 bits per heavy atom. The van der Waals surface area contributed by atoms with E-state index in [1.54, 1.807) is 31.2 Å². The summed E-state index contributed by atoms with van der Waals surface area (Å²) in [4.78, 5) is 60.0. The van der Waals surface area contributed by atoms with Crippen molar-refractivity contribution in [3.05, 3.63) is 35.9 Å². The molecule has 10 heteroatoms. The van der Waals surface area contributed by atoms with Crippen LogP contribution in [0.2, 0.25) is 0 Å². The third kappa shape index (κ3) is 9.15. The molecule has 1 aromatic rings. The first-order valence-electron chi connectivity index (χ1n) is 10.5. The van der Waals surface area contributed by atoms with E-state index in [-0.39, 0.29) is 25.2 Å². The van der Waals surface area contributed by atoms with Crippen LogP contribution in [0, 0.1) is 5.92 Å². The third-order valence-corrected chi connectivity index (χ3v) is 5.08. The molecule has 4 atom stereocenters. The van der Waals surface area contributed by atoms with Gasteiger partial charge < -0.3 is 26.8 Å². The van der Waals surface area contributed by atoms with Crippen LogP contribution in [0.15, 0.2) is 30.3 Å². The molecule has 0 spiro atoms. The van der Waals surface area contributed by atoms with Crippen molar-refractivity contribution in [3.8, 4) is 0 Å². The molecule has 1 aromatic carbocycles. The predicted molar refractivity (Wildman–Crippen MR) is 117 cm³/mol. The molecule has 0 aliphatic rings. The van der Waals surface area contributed by atoms with Crippen molar-refractivity contribution in [2.24, 2.45) is 11.7 Å². The zero-order valence-corrected chi connectivity index (χ0v) is 18.6. The van der Waals surface area contributed by atoms with Gasteiger partial charge in [0.1, 0.15) is 18.1 Å². The minimum Gasteiger partial charge on any atom is -0.481 e. The number of carbonyl (C=O) groups excluding carboxylic acids is 4. The Morgan fingerprint density at radius 1 is 0.969 bits per heavy atom. The summed E-state index contributed by atoms with van der Waals surface area (Å²) in [6.45, 7) is 4.80. The van der Waals surface area contributed by atoms with Gasteiger partial charge in [-0.2, -0.15) is 0 Å². The van der Waals surface area contributed by atoms with Crippen LogP contribution >= 0.6 is 0 Å². The van der Waals surface area contributed by atoms with Gasteiger partial charge >= 0.3 is 5.97 Å². The molecule has 176 valence electrons. The number of benzene rings is 1. The second kappa shape index (κ2) is 13.1. The van der Waals surface area contributed by atoms with E-state index >= 15 is 0 Å². The summed E-state index contributed by atoms with van der Waals surface area (Å²) in [6.07, 6.45) is 0.265. The monoisotopic (exact) mass is 448 g/mol. The van der Waals surface area contributed by atoms with Gasteiger partial charge in [0.2, 0.25) is 23.6 Å². The molecule has 0 aliphatic carbocycles. The largest absolute Gasteiger partial charge is 0.481 e. The summed E-state index contributed by atoms with van der Waals surface area (Å²) >= 11 is 0. The number of hydrogen-bond acceptors (Lipinski definition) is 5. The second-order valence-corrected chi connectivity index (χ2v) is 7.71. The maximum atomic E-state index is 13.0. The number of rotatable bonds is 13. The van der Waals surface area contributed by atoms with Crippen LogP contribution in [0.3, 0.4) is 0 Å². The van der Waals surface area contributed by atoms with E-state index in [0.717, 1.165) is 5.56 Å². The van der Waals surface area contributed by atoms with E-state index in [2.05, 4.69) is 16.0 Å². The van der Waals surface area contributed by atoms with Crippen LogP contribution in [0.4, 0.5) is 0 Å². The van der Waals surface area contributed by atoms with Crippen molar-refractivity contribution in [2.75, 3.05) is 0 Å². The zero-order chi connectivity index (χ0) is 24.3. The first kappa shape index (κ1) is 26.6. The van der Waals surface area contributed by atoms with Gasteiger partial charge in [-0.05, 0) is 17.9 Å². The van der Waals surface area contributed by atoms with Crippen LogP contribution in [0.25, 0.3) is 0 Å². The van der Waals surface area contributed by atoms with Crippen LogP contribution in [0.5, 0.6) is 0 Å². The summed E-state index contributed by atoms with van der Waals surface area (Å²) < 4.78 is 0. The molecule has 0 aromatic heterocycles. The van der Waals surface area contributed by atoms with Crippen molar-refractivity contribution in [1.82, 2.24) is 16.0 Å². The van der Waals surface area contributed by atoms with Crippen LogP contribution < -0.4 is 21.7 Å². The Kier molecular flexibility index (Phi) is 10.9. The van der Waals surface area contributed by atoms with E-state index in [0.29, 0.717) is 6.42 Å². The number of carboxylic acids is 1. The molecule has 1 rings (SSSR count). The first-order valence-corrected chi connectivity index (χ1v) is 10.5.